The van der Waals surface area contributed by atoms with E-state index in [2.05, 4.69) is 15.5 Å². The normalized spacial score (nSPS) is 18.9. The summed E-state index contributed by atoms with van der Waals surface area (Å²) in [6, 6.07) is 8.66. The van der Waals surface area contributed by atoms with Gasteiger partial charge in [-0.15, -0.1) is 5.10 Å². The summed E-state index contributed by atoms with van der Waals surface area (Å²) in [5.74, 6) is -0.481. The van der Waals surface area contributed by atoms with Gasteiger partial charge in [-0.3, -0.25) is 9.59 Å². The van der Waals surface area contributed by atoms with Crippen LogP contribution in [0.2, 0.25) is 5.02 Å². The van der Waals surface area contributed by atoms with Crippen LogP contribution in [0.1, 0.15) is 35.2 Å². The number of likely N-dealkylation sites (N-methyl/N-ethyl adjacent to an activating group) is 1. The topological polar surface area (TPSA) is 127 Å². The lowest BCUT2D eigenvalue weighted by molar-refractivity contribution is 0.0949. The zero-order valence-electron chi connectivity index (χ0n) is 22.1. The first-order valence-electron chi connectivity index (χ1n) is 12.7. The van der Waals surface area contributed by atoms with E-state index in [1.165, 1.54) is 23.9 Å². The first kappa shape index (κ1) is 27.5. The molecule has 1 saturated heterocycles. The molecule has 11 nitrogen and oxygen atoms in total. The highest BCUT2D eigenvalue weighted by Gasteiger charge is 2.58. The summed E-state index contributed by atoms with van der Waals surface area (Å²) in [6.45, 7) is 1.08. The highest BCUT2D eigenvalue weighted by molar-refractivity contribution is 7.90. The van der Waals surface area contributed by atoms with Crippen molar-refractivity contribution in [2.75, 3.05) is 33.8 Å². The highest BCUT2D eigenvalue weighted by Crippen LogP contribution is 2.46. The second kappa shape index (κ2) is 10.5. The summed E-state index contributed by atoms with van der Waals surface area (Å²) < 4.78 is 34.7. The van der Waals surface area contributed by atoms with E-state index in [-0.39, 0.29) is 30.6 Å². The van der Waals surface area contributed by atoms with Crippen molar-refractivity contribution in [1.82, 2.24) is 29.3 Å². The minimum absolute atomic E-state index is 0.0503. The second-order valence-electron chi connectivity index (χ2n) is 10.4. The number of pyridine rings is 1. The maximum Gasteiger partial charge on any atom is 0.263 e. The Bertz CT molecular complexity index is 1570. The monoisotopic (exact) mass is 574 g/mol. The molecule has 3 heterocycles. The van der Waals surface area contributed by atoms with E-state index in [9.17, 15) is 18.0 Å². The number of benzene rings is 1. The maximum atomic E-state index is 13.5. The predicted octanol–water partition coefficient (Wildman–Crippen LogP) is 1.79. The molecule has 1 atom stereocenters. The van der Waals surface area contributed by atoms with Crippen molar-refractivity contribution in [3.8, 4) is 5.88 Å². The third kappa shape index (κ3) is 5.25. The minimum Gasteiger partial charge on any atom is -0.473 e. The number of nitrogens with one attached hydrogen (secondary N) is 1. The van der Waals surface area contributed by atoms with Crippen LogP contribution >= 0.6 is 11.6 Å². The second-order valence-corrected chi connectivity index (χ2v) is 13.2. The number of hydrogen-bond donors (Lipinski definition) is 1. The molecule has 208 valence electrons. The molecule has 1 saturated carbocycles. The van der Waals surface area contributed by atoms with Gasteiger partial charge in [0.05, 0.1) is 6.20 Å². The Morgan fingerprint density at radius 2 is 1.97 bits per heavy atom. The van der Waals surface area contributed by atoms with Gasteiger partial charge in [0, 0.05) is 43.1 Å². The third-order valence-electron chi connectivity index (χ3n) is 7.63. The summed E-state index contributed by atoms with van der Waals surface area (Å²) in [5, 5.41) is 11.8. The van der Waals surface area contributed by atoms with Crippen molar-refractivity contribution >= 4 is 38.4 Å². The molecule has 1 N–H and O–H groups in total. The molecule has 2 aliphatic rings. The lowest BCUT2D eigenvalue weighted by Crippen LogP contribution is -2.43. The highest BCUT2D eigenvalue weighted by atomic mass is 35.5. The van der Waals surface area contributed by atoms with Gasteiger partial charge < -0.3 is 19.5 Å². The van der Waals surface area contributed by atoms with Crippen LogP contribution in [0, 0.1) is 0 Å². The van der Waals surface area contributed by atoms with Crippen LogP contribution in [0.25, 0.3) is 10.9 Å². The summed E-state index contributed by atoms with van der Waals surface area (Å²) in [5.41, 5.74) is 0.589. The van der Waals surface area contributed by atoms with Crippen molar-refractivity contribution in [1.29, 1.82) is 0 Å². The largest absolute Gasteiger partial charge is 0.473 e. The molecule has 1 aliphatic heterocycles. The molecule has 39 heavy (non-hydrogen) atoms. The number of halogens is 1. The smallest absolute Gasteiger partial charge is 0.263 e. The summed E-state index contributed by atoms with van der Waals surface area (Å²) in [7, 11) is 1.84. The van der Waals surface area contributed by atoms with Crippen LogP contribution < -0.4 is 15.6 Å². The zero-order valence-corrected chi connectivity index (χ0v) is 23.6. The average molecular weight is 575 g/mol. The van der Waals surface area contributed by atoms with E-state index in [0.29, 0.717) is 41.9 Å². The van der Waals surface area contributed by atoms with Crippen LogP contribution in [0.5, 0.6) is 5.88 Å². The Balaban J connectivity index is 1.34. The minimum atomic E-state index is -3.58. The number of aryl methyl sites for hydroxylation is 1. The number of carbonyl (C=O) groups is 1. The number of aromatic nitrogens is 3. The molecule has 3 aromatic rings. The molecule has 0 radical (unpaired) electrons. The molecule has 1 unspecified atom stereocenters. The molecular weight excluding hydrogens is 544 g/mol. The molecule has 2 aromatic heterocycles. The number of carbonyl (C=O) groups excluding carboxylic acids is 1. The van der Waals surface area contributed by atoms with Gasteiger partial charge in [0.1, 0.15) is 22.4 Å². The molecule has 1 aliphatic carbocycles. The predicted molar refractivity (Wildman–Crippen MR) is 147 cm³/mol. The molecule has 2 fully saturated rings. The van der Waals surface area contributed by atoms with E-state index in [4.69, 9.17) is 16.3 Å². The van der Waals surface area contributed by atoms with E-state index >= 15 is 0 Å². The van der Waals surface area contributed by atoms with E-state index in [1.54, 1.807) is 28.6 Å². The number of ether oxygens (including phenoxy) is 1. The first-order valence-corrected chi connectivity index (χ1v) is 14.5. The Kier molecular flexibility index (Phi) is 7.40. The zero-order chi connectivity index (χ0) is 27.9. The fourth-order valence-electron chi connectivity index (χ4n) is 4.90. The first-order chi connectivity index (χ1) is 18.5. The number of rotatable bonds is 9. The average Bonchev–Trinajstić information content (AvgIpc) is 3.55. The van der Waals surface area contributed by atoms with E-state index in [0.717, 1.165) is 12.0 Å². The Labute approximate surface area is 231 Å². The molecular formula is C26H31ClN6O5S. The van der Waals surface area contributed by atoms with Crippen LogP contribution in [0.15, 0.2) is 41.3 Å². The van der Waals surface area contributed by atoms with Gasteiger partial charge in [-0.1, -0.05) is 23.7 Å². The van der Waals surface area contributed by atoms with Gasteiger partial charge in [0.2, 0.25) is 10.0 Å². The van der Waals surface area contributed by atoms with Gasteiger partial charge in [0.25, 0.3) is 17.3 Å². The van der Waals surface area contributed by atoms with Crippen LogP contribution in [0.3, 0.4) is 0 Å². The van der Waals surface area contributed by atoms with E-state index in [1.807, 2.05) is 19.0 Å². The fourth-order valence-corrected chi connectivity index (χ4v) is 7.11. The van der Waals surface area contributed by atoms with Crippen molar-refractivity contribution in [3.05, 3.63) is 63.0 Å². The molecule has 5 rings (SSSR count). The number of fused-ring (bicyclic) bond motifs is 1. The summed E-state index contributed by atoms with van der Waals surface area (Å²) >= 11 is 5.91. The van der Waals surface area contributed by atoms with Crippen LogP contribution in [-0.4, -0.2) is 82.9 Å². The fraction of sp³-hybridized carbons (Fsp3) is 0.462. The molecule has 1 amide bonds. The van der Waals surface area contributed by atoms with Gasteiger partial charge in [-0.2, -0.15) is 9.40 Å². The lowest BCUT2D eigenvalue weighted by Gasteiger charge is -2.25. The molecule has 0 spiro atoms. The quantitative estimate of drug-likeness (QED) is 0.410. The Hall–Kier alpha value is -3.06. The van der Waals surface area contributed by atoms with Crippen LogP contribution in [0.4, 0.5) is 0 Å². The third-order valence-corrected chi connectivity index (χ3v) is 10.5. The van der Waals surface area contributed by atoms with Crippen molar-refractivity contribution in [3.63, 3.8) is 0 Å². The summed E-state index contributed by atoms with van der Waals surface area (Å²) in [6.07, 6.45) is 3.21. The lowest BCUT2D eigenvalue weighted by atomic mass is 10.1. The van der Waals surface area contributed by atoms with Gasteiger partial charge >= 0.3 is 0 Å². The molecule has 13 heteroatoms. The van der Waals surface area contributed by atoms with Gasteiger partial charge in [-0.25, -0.2) is 8.42 Å². The van der Waals surface area contributed by atoms with Gasteiger partial charge in [0.15, 0.2) is 0 Å². The molecule has 0 bridgehead atoms. The number of sulfonamides is 1. The van der Waals surface area contributed by atoms with Crippen LogP contribution in [-0.2, 0) is 23.6 Å². The Morgan fingerprint density at radius 3 is 2.62 bits per heavy atom. The SMILES string of the molecule is CN(C)C1CCN(S(=O)(=O)C2(COc3nncc4cc(C(=O)NCc5ccc(Cl)cc5)c(=O)n(C)c34)CC2)C1. The van der Waals surface area contributed by atoms with E-state index < -0.39 is 26.2 Å². The molecule has 1 aromatic carbocycles. The van der Waals surface area contributed by atoms with Crippen molar-refractivity contribution in [2.45, 2.75) is 36.6 Å². The summed E-state index contributed by atoms with van der Waals surface area (Å²) in [4.78, 5) is 28.0. The standard InChI is InChI=1S/C26H31ClN6O5S/c1-31(2)20-8-11-33(15-20)39(36,37)26(9-10-26)16-38-24-22-18(14-29-30-24)12-21(25(35)32(22)3)23(34)28-13-17-4-6-19(27)7-5-17/h4-7,12,14,20H,8-11,13,15-16H2,1-3H3,(H,28,34). The van der Waals surface area contributed by atoms with Crippen molar-refractivity contribution in [2.24, 2.45) is 7.05 Å². The maximum absolute atomic E-state index is 13.5. The number of hydrogen-bond acceptors (Lipinski definition) is 8. The number of amides is 1. The van der Waals surface area contributed by atoms with Crippen molar-refractivity contribution < 1.29 is 17.9 Å². The number of nitrogens with zero attached hydrogens (tertiary/aromatic N) is 5. The van der Waals surface area contributed by atoms with Gasteiger partial charge in [-0.05, 0) is 57.1 Å². The Morgan fingerprint density at radius 1 is 1.26 bits per heavy atom.